The number of amides is 2. The Morgan fingerprint density at radius 3 is 2.36 bits per heavy atom. The van der Waals surface area contributed by atoms with E-state index in [0.717, 1.165) is 19.3 Å². The molecule has 6 heteroatoms. The molecule has 5 saturated carbocycles. The van der Waals surface area contributed by atoms with Crippen LogP contribution >= 0.6 is 0 Å². The quantitative estimate of drug-likeness (QED) is 0.522. The first-order valence-electron chi connectivity index (χ1n) is 14.7. The van der Waals surface area contributed by atoms with Gasteiger partial charge in [0.1, 0.15) is 0 Å². The fraction of sp³-hybridized carbons (Fsp3) is 0.967. The number of carbonyl (C=O) groups excluding carboxylic acids is 1. The molecule has 2 amide bonds. The highest BCUT2D eigenvalue weighted by Crippen LogP contribution is 2.89. The Morgan fingerprint density at radius 2 is 1.67 bits per heavy atom. The van der Waals surface area contributed by atoms with E-state index in [1.807, 2.05) is 0 Å². The van der Waals surface area contributed by atoms with Gasteiger partial charge in [0, 0.05) is 26.1 Å². The lowest BCUT2D eigenvalue weighted by atomic mass is 9.41. The number of hydrogen-bond acceptors (Lipinski definition) is 4. The maximum atomic E-state index is 12.2. The molecule has 0 aromatic carbocycles. The molecule has 1 saturated heterocycles. The number of nitrogens with one attached hydrogen (secondary N) is 1. The van der Waals surface area contributed by atoms with Crippen LogP contribution in [0.2, 0.25) is 0 Å². The molecule has 36 heavy (non-hydrogen) atoms. The van der Waals surface area contributed by atoms with Crippen LogP contribution < -0.4 is 5.32 Å². The Bertz CT molecular complexity index is 938. The SMILES string of the molecule is C[C@@H]1CC(CNC(=O)N(C)C)OC2[C@H]1C1(C)CCC34CC35CCC(O)C(C)(C)[C@@H]5CCC4[C@]1(C)[C@H]2O. The summed E-state index contributed by atoms with van der Waals surface area (Å²) in [6, 6.07) is -0.0915. The number of aliphatic hydroxyl groups is 2. The smallest absolute Gasteiger partial charge is 0.316 e. The van der Waals surface area contributed by atoms with Crippen molar-refractivity contribution in [3.63, 3.8) is 0 Å². The van der Waals surface area contributed by atoms with E-state index in [2.05, 4.69) is 39.9 Å². The molecule has 1 aliphatic heterocycles. The van der Waals surface area contributed by atoms with Crippen molar-refractivity contribution in [1.29, 1.82) is 0 Å². The number of aliphatic hydroxyl groups excluding tert-OH is 2. The Kier molecular flexibility index (Phi) is 5.39. The highest BCUT2D eigenvalue weighted by molar-refractivity contribution is 5.73. The maximum Gasteiger partial charge on any atom is 0.316 e. The second-order valence-electron chi connectivity index (χ2n) is 15.2. The lowest BCUT2D eigenvalue weighted by Gasteiger charge is -2.63. The first-order valence-corrected chi connectivity index (χ1v) is 14.7. The van der Waals surface area contributed by atoms with Crippen LogP contribution in [0, 0.1) is 50.7 Å². The summed E-state index contributed by atoms with van der Waals surface area (Å²) in [6.45, 7) is 12.4. The zero-order chi connectivity index (χ0) is 26.1. The second kappa shape index (κ2) is 7.63. The van der Waals surface area contributed by atoms with Gasteiger partial charge in [-0.05, 0) is 96.7 Å². The van der Waals surface area contributed by atoms with Crippen LogP contribution in [0.15, 0.2) is 0 Å². The molecule has 6 fully saturated rings. The molecule has 0 aromatic rings. The number of rotatable bonds is 2. The molecule has 6 aliphatic rings. The number of hydrogen-bond donors (Lipinski definition) is 3. The van der Waals surface area contributed by atoms with Crippen molar-refractivity contribution in [2.24, 2.45) is 50.7 Å². The van der Waals surface area contributed by atoms with Crippen LogP contribution in [-0.4, -0.2) is 66.2 Å². The summed E-state index contributed by atoms with van der Waals surface area (Å²) in [5, 5.41) is 26.1. The largest absolute Gasteiger partial charge is 0.393 e. The number of urea groups is 1. The first-order chi connectivity index (χ1) is 16.8. The minimum absolute atomic E-state index is 0.0154. The second-order valence-corrected chi connectivity index (χ2v) is 15.2. The molecule has 1 heterocycles. The van der Waals surface area contributed by atoms with Gasteiger partial charge in [-0.2, -0.15) is 0 Å². The number of fused-ring (bicyclic) bond motifs is 4. The van der Waals surface area contributed by atoms with Crippen molar-refractivity contribution in [2.75, 3.05) is 20.6 Å². The third-order valence-corrected chi connectivity index (χ3v) is 13.7. The normalized spacial score (nSPS) is 56.4. The minimum Gasteiger partial charge on any atom is -0.393 e. The zero-order valence-electron chi connectivity index (χ0n) is 23.6. The van der Waals surface area contributed by atoms with Crippen molar-refractivity contribution in [1.82, 2.24) is 10.2 Å². The molecule has 204 valence electrons. The molecule has 2 spiro atoms. The fourth-order valence-corrected chi connectivity index (χ4v) is 11.9. The van der Waals surface area contributed by atoms with Gasteiger partial charge in [0.05, 0.1) is 24.4 Å². The van der Waals surface area contributed by atoms with Crippen LogP contribution in [0.1, 0.15) is 86.0 Å². The van der Waals surface area contributed by atoms with Gasteiger partial charge in [0.25, 0.3) is 0 Å². The van der Waals surface area contributed by atoms with Crippen LogP contribution in [0.25, 0.3) is 0 Å². The molecular formula is C30H50N2O4. The molecule has 0 aromatic heterocycles. The monoisotopic (exact) mass is 502 g/mol. The van der Waals surface area contributed by atoms with E-state index >= 15 is 0 Å². The standard InChI is InChI=1S/C30H50N2O4/c1-17-14-18(15-31-25(35)32(6)7)36-23-22(17)27(4)12-13-30-16-29(30)11-10-21(33)26(2,3)19(29)8-9-20(30)28(27,5)24(23)34/h17-24,33-34H,8-16H2,1-7H3,(H,31,35)/t17-,18?,19+,20?,21?,22+,23?,24+,27?,28-,29?,30?/m1/s1. The fourth-order valence-electron chi connectivity index (χ4n) is 11.9. The van der Waals surface area contributed by atoms with Crippen molar-refractivity contribution in [2.45, 2.75) is 110 Å². The van der Waals surface area contributed by atoms with E-state index in [9.17, 15) is 15.0 Å². The van der Waals surface area contributed by atoms with E-state index < -0.39 is 6.10 Å². The van der Waals surface area contributed by atoms with Gasteiger partial charge < -0.3 is 25.2 Å². The summed E-state index contributed by atoms with van der Waals surface area (Å²) in [5.74, 6) is 1.93. The third-order valence-electron chi connectivity index (χ3n) is 13.7. The van der Waals surface area contributed by atoms with E-state index in [4.69, 9.17) is 4.74 Å². The molecule has 6 nitrogen and oxygen atoms in total. The summed E-state index contributed by atoms with van der Waals surface area (Å²) >= 11 is 0. The van der Waals surface area contributed by atoms with Gasteiger partial charge in [0.2, 0.25) is 0 Å². The average molecular weight is 503 g/mol. The Morgan fingerprint density at radius 1 is 1.00 bits per heavy atom. The van der Waals surface area contributed by atoms with E-state index in [1.54, 1.807) is 19.0 Å². The summed E-state index contributed by atoms with van der Waals surface area (Å²) < 4.78 is 6.71. The number of nitrogens with zero attached hydrogens (tertiary/aromatic N) is 1. The van der Waals surface area contributed by atoms with Gasteiger partial charge in [-0.3, -0.25) is 0 Å². The van der Waals surface area contributed by atoms with Crippen LogP contribution in [0.5, 0.6) is 0 Å². The minimum atomic E-state index is -0.471. The van der Waals surface area contributed by atoms with Gasteiger partial charge in [-0.15, -0.1) is 0 Å². The van der Waals surface area contributed by atoms with Crippen molar-refractivity contribution in [3.8, 4) is 0 Å². The molecule has 12 atom stereocenters. The molecule has 7 unspecified atom stereocenters. The Hall–Kier alpha value is -0.850. The van der Waals surface area contributed by atoms with Gasteiger partial charge in [-0.1, -0.05) is 34.6 Å². The third kappa shape index (κ3) is 2.82. The summed E-state index contributed by atoms with van der Waals surface area (Å²) in [6.07, 6.45) is 8.25. The molecule has 0 bridgehead atoms. The lowest BCUT2D eigenvalue weighted by molar-refractivity contribution is -0.182. The molecular weight excluding hydrogens is 452 g/mol. The Labute approximate surface area is 217 Å². The van der Waals surface area contributed by atoms with Crippen molar-refractivity contribution in [3.05, 3.63) is 0 Å². The average Bonchev–Trinajstić information content (AvgIpc) is 3.45. The maximum absolute atomic E-state index is 12.2. The molecule has 6 rings (SSSR count). The zero-order valence-corrected chi connectivity index (χ0v) is 23.6. The van der Waals surface area contributed by atoms with Crippen LogP contribution in [0.4, 0.5) is 4.79 Å². The number of ether oxygens (including phenoxy) is 1. The van der Waals surface area contributed by atoms with E-state index in [-0.39, 0.29) is 40.6 Å². The predicted molar refractivity (Wildman–Crippen MR) is 139 cm³/mol. The van der Waals surface area contributed by atoms with Gasteiger partial charge in [0.15, 0.2) is 0 Å². The summed E-state index contributed by atoms with van der Waals surface area (Å²) in [5.41, 5.74) is 0.578. The van der Waals surface area contributed by atoms with Crippen LogP contribution in [-0.2, 0) is 4.74 Å². The summed E-state index contributed by atoms with van der Waals surface area (Å²) in [4.78, 5) is 13.7. The number of carbonyl (C=O) groups is 1. The van der Waals surface area contributed by atoms with E-state index in [1.165, 1.54) is 32.1 Å². The first kappa shape index (κ1) is 25.4. The van der Waals surface area contributed by atoms with Gasteiger partial charge in [-0.25, -0.2) is 4.79 Å². The Balaban J connectivity index is 1.30. The van der Waals surface area contributed by atoms with Gasteiger partial charge >= 0.3 is 6.03 Å². The van der Waals surface area contributed by atoms with Crippen LogP contribution in [0.3, 0.4) is 0 Å². The highest BCUT2D eigenvalue weighted by Gasteiger charge is 2.84. The molecule has 3 N–H and O–H groups in total. The highest BCUT2D eigenvalue weighted by atomic mass is 16.5. The molecule has 0 radical (unpaired) electrons. The van der Waals surface area contributed by atoms with Crippen molar-refractivity contribution < 1.29 is 19.7 Å². The molecule has 5 aliphatic carbocycles. The van der Waals surface area contributed by atoms with E-state index in [0.29, 0.717) is 41.0 Å². The summed E-state index contributed by atoms with van der Waals surface area (Å²) in [7, 11) is 3.51. The topological polar surface area (TPSA) is 82.0 Å². The lowest BCUT2D eigenvalue weighted by Crippen LogP contribution is -2.59. The van der Waals surface area contributed by atoms with Crippen molar-refractivity contribution >= 4 is 6.03 Å². The predicted octanol–water partition coefficient (Wildman–Crippen LogP) is 4.43.